The maximum absolute atomic E-state index is 13.2. The monoisotopic (exact) mass is 196 g/mol. The second-order valence-corrected chi connectivity index (χ2v) is 4.06. The molecule has 14 heavy (non-hydrogen) atoms. The number of benzene rings is 1. The molecule has 1 aromatic rings. The highest BCUT2D eigenvalue weighted by atomic mass is 19.1. The van der Waals surface area contributed by atoms with Gasteiger partial charge < -0.3 is 4.74 Å². The third kappa shape index (κ3) is 3.11. The number of rotatable bonds is 4. The van der Waals surface area contributed by atoms with E-state index in [0.717, 1.165) is 12.0 Å². The summed E-state index contributed by atoms with van der Waals surface area (Å²) >= 11 is 0. The summed E-state index contributed by atoms with van der Waals surface area (Å²) in [6.45, 7) is 4.02. The molecule has 0 radical (unpaired) electrons. The van der Waals surface area contributed by atoms with E-state index in [1.54, 1.807) is 13.2 Å². The zero-order chi connectivity index (χ0) is 10.6. The SMILES string of the molecule is COC(C)(C)CCc1ccccc1F. The fraction of sp³-hybridized carbons (Fsp3) is 0.500. The maximum Gasteiger partial charge on any atom is 0.126 e. The minimum Gasteiger partial charge on any atom is -0.379 e. The van der Waals surface area contributed by atoms with Crippen molar-refractivity contribution in [3.05, 3.63) is 35.6 Å². The van der Waals surface area contributed by atoms with Crippen LogP contribution in [-0.4, -0.2) is 12.7 Å². The van der Waals surface area contributed by atoms with Crippen LogP contribution in [0.4, 0.5) is 4.39 Å². The van der Waals surface area contributed by atoms with E-state index in [2.05, 4.69) is 0 Å². The first-order valence-electron chi connectivity index (χ1n) is 4.84. The van der Waals surface area contributed by atoms with Crippen molar-refractivity contribution in [1.82, 2.24) is 0 Å². The Labute approximate surface area is 84.9 Å². The molecule has 0 amide bonds. The van der Waals surface area contributed by atoms with Gasteiger partial charge in [0.15, 0.2) is 0 Å². The van der Waals surface area contributed by atoms with Crippen molar-refractivity contribution < 1.29 is 9.13 Å². The fourth-order valence-electron chi connectivity index (χ4n) is 1.24. The van der Waals surface area contributed by atoms with Crippen molar-refractivity contribution in [3.63, 3.8) is 0 Å². The van der Waals surface area contributed by atoms with E-state index in [1.165, 1.54) is 6.07 Å². The lowest BCUT2D eigenvalue weighted by Crippen LogP contribution is -2.23. The molecular weight excluding hydrogens is 179 g/mol. The first-order valence-corrected chi connectivity index (χ1v) is 4.84. The van der Waals surface area contributed by atoms with E-state index in [9.17, 15) is 4.39 Å². The zero-order valence-corrected chi connectivity index (χ0v) is 9.01. The van der Waals surface area contributed by atoms with Crippen molar-refractivity contribution in [3.8, 4) is 0 Å². The predicted molar refractivity (Wildman–Crippen MR) is 55.8 cm³/mol. The number of hydrogen-bond acceptors (Lipinski definition) is 1. The average Bonchev–Trinajstić information content (AvgIpc) is 2.17. The summed E-state index contributed by atoms with van der Waals surface area (Å²) in [5.41, 5.74) is 0.583. The van der Waals surface area contributed by atoms with Gasteiger partial charge in [0, 0.05) is 7.11 Å². The summed E-state index contributed by atoms with van der Waals surface area (Å²) in [7, 11) is 1.68. The zero-order valence-electron chi connectivity index (χ0n) is 9.01. The molecule has 0 N–H and O–H groups in total. The van der Waals surface area contributed by atoms with Crippen LogP contribution < -0.4 is 0 Å². The molecule has 0 spiro atoms. The topological polar surface area (TPSA) is 9.23 Å². The molecule has 0 bridgehead atoms. The van der Waals surface area contributed by atoms with Crippen LogP contribution in [0.15, 0.2) is 24.3 Å². The third-order valence-corrected chi connectivity index (χ3v) is 2.51. The van der Waals surface area contributed by atoms with Crippen LogP contribution in [0.2, 0.25) is 0 Å². The van der Waals surface area contributed by atoms with Gasteiger partial charge in [-0.1, -0.05) is 18.2 Å². The first-order chi connectivity index (χ1) is 6.55. The number of aryl methyl sites for hydroxylation is 1. The molecule has 1 rings (SSSR count). The quantitative estimate of drug-likeness (QED) is 0.718. The van der Waals surface area contributed by atoms with Gasteiger partial charge in [-0.15, -0.1) is 0 Å². The molecular formula is C12H17FO. The second-order valence-electron chi connectivity index (χ2n) is 4.06. The summed E-state index contributed by atoms with van der Waals surface area (Å²) in [6.07, 6.45) is 1.54. The Morgan fingerprint density at radius 2 is 1.93 bits per heavy atom. The highest BCUT2D eigenvalue weighted by Gasteiger charge is 2.16. The molecule has 0 aliphatic heterocycles. The van der Waals surface area contributed by atoms with Gasteiger partial charge in [-0.25, -0.2) is 4.39 Å². The van der Waals surface area contributed by atoms with Gasteiger partial charge in [-0.05, 0) is 38.3 Å². The molecule has 0 atom stereocenters. The van der Waals surface area contributed by atoms with Crippen molar-refractivity contribution in [1.29, 1.82) is 0 Å². The fourth-order valence-corrected chi connectivity index (χ4v) is 1.24. The Bertz CT molecular complexity index is 294. The molecule has 0 aliphatic rings. The van der Waals surface area contributed by atoms with Gasteiger partial charge >= 0.3 is 0 Å². The molecule has 78 valence electrons. The molecule has 2 heteroatoms. The Hall–Kier alpha value is -0.890. The lowest BCUT2D eigenvalue weighted by atomic mass is 9.98. The lowest BCUT2D eigenvalue weighted by molar-refractivity contribution is 0.0156. The van der Waals surface area contributed by atoms with Gasteiger partial charge in [0.25, 0.3) is 0 Å². The summed E-state index contributed by atoms with van der Waals surface area (Å²) in [5, 5.41) is 0. The van der Waals surface area contributed by atoms with E-state index in [-0.39, 0.29) is 11.4 Å². The number of ether oxygens (including phenoxy) is 1. The molecule has 0 aromatic heterocycles. The van der Waals surface area contributed by atoms with Crippen LogP contribution in [0.1, 0.15) is 25.8 Å². The van der Waals surface area contributed by atoms with E-state index in [4.69, 9.17) is 4.74 Å². The van der Waals surface area contributed by atoms with E-state index in [1.807, 2.05) is 26.0 Å². The van der Waals surface area contributed by atoms with Crippen molar-refractivity contribution in [2.75, 3.05) is 7.11 Å². The summed E-state index contributed by atoms with van der Waals surface area (Å²) in [5.74, 6) is -0.126. The summed E-state index contributed by atoms with van der Waals surface area (Å²) in [6, 6.07) is 6.88. The lowest BCUT2D eigenvalue weighted by Gasteiger charge is -2.22. The van der Waals surface area contributed by atoms with Gasteiger partial charge in [0.2, 0.25) is 0 Å². The molecule has 1 aromatic carbocycles. The van der Waals surface area contributed by atoms with Crippen molar-refractivity contribution in [2.45, 2.75) is 32.3 Å². The van der Waals surface area contributed by atoms with Crippen molar-refractivity contribution in [2.24, 2.45) is 0 Å². The Morgan fingerprint density at radius 3 is 2.50 bits per heavy atom. The number of methoxy groups -OCH3 is 1. The van der Waals surface area contributed by atoms with Crippen LogP contribution in [-0.2, 0) is 11.2 Å². The molecule has 0 saturated heterocycles. The largest absolute Gasteiger partial charge is 0.379 e. The van der Waals surface area contributed by atoms with E-state index < -0.39 is 0 Å². The van der Waals surface area contributed by atoms with Gasteiger partial charge in [0.1, 0.15) is 5.82 Å². The highest BCUT2D eigenvalue weighted by molar-refractivity contribution is 5.17. The number of halogens is 1. The summed E-state index contributed by atoms with van der Waals surface area (Å²) < 4.78 is 18.5. The van der Waals surface area contributed by atoms with E-state index >= 15 is 0 Å². The van der Waals surface area contributed by atoms with E-state index in [0.29, 0.717) is 6.42 Å². The maximum atomic E-state index is 13.2. The average molecular weight is 196 g/mol. The minimum absolute atomic E-state index is 0.126. The van der Waals surface area contributed by atoms with Crippen LogP contribution in [0.25, 0.3) is 0 Å². The normalized spacial score (nSPS) is 11.7. The van der Waals surface area contributed by atoms with Crippen LogP contribution in [0, 0.1) is 5.82 Å². The van der Waals surface area contributed by atoms with Crippen molar-refractivity contribution >= 4 is 0 Å². The Balaban J connectivity index is 2.58. The third-order valence-electron chi connectivity index (χ3n) is 2.51. The van der Waals surface area contributed by atoms with Gasteiger partial charge in [-0.2, -0.15) is 0 Å². The van der Waals surface area contributed by atoms with Gasteiger partial charge in [-0.3, -0.25) is 0 Å². The predicted octanol–water partition coefficient (Wildman–Crippen LogP) is 3.18. The molecule has 1 nitrogen and oxygen atoms in total. The van der Waals surface area contributed by atoms with Crippen LogP contribution >= 0.6 is 0 Å². The first kappa shape index (κ1) is 11.2. The number of hydrogen-bond donors (Lipinski definition) is 0. The summed E-state index contributed by atoms with van der Waals surface area (Å²) in [4.78, 5) is 0. The Kier molecular flexibility index (Phi) is 3.64. The smallest absolute Gasteiger partial charge is 0.126 e. The molecule has 0 fully saturated rings. The van der Waals surface area contributed by atoms with Gasteiger partial charge in [0.05, 0.1) is 5.60 Å². The van der Waals surface area contributed by atoms with Crippen LogP contribution in [0.3, 0.4) is 0 Å². The standard InChI is InChI=1S/C12H17FO/c1-12(2,14-3)9-8-10-6-4-5-7-11(10)13/h4-7H,8-9H2,1-3H3. The Morgan fingerprint density at radius 1 is 1.29 bits per heavy atom. The second kappa shape index (κ2) is 4.56. The molecule has 0 unspecified atom stereocenters. The molecule has 0 heterocycles. The molecule has 0 saturated carbocycles. The highest BCUT2D eigenvalue weighted by Crippen LogP contribution is 2.18. The van der Waals surface area contributed by atoms with Crippen LogP contribution in [0.5, 0.6) is 0 Å². The minimum atomic E-state index is -0.178. The molecule has 0 aliphatic carbocycles.